The topological polar surface area (TPSA) is 85.9 Å². The summed E-state index contributed by atoms with van der Waals surface area (Å²) >= 11 is 5.60. The Hall–Kier alpha value is -2.22. The van der Waals surface area contributed by atoms with Crippen LogP contribution in [0.4, 0.5) is 15.8 Å². The van der Waals surface area contributed by atoms with Gasteiger partial charge in [-0.05, 0) is 6.07 Å². The van der Waals surface area contributed by atoms with Crippen molar-refractivity contribution >= 4 is 23.0 Å². The number of anilines is 1. The maximum atomic E-state index is 13.2. The minimum atomic E-state index is -0.824. The highest BCUT2D eigenvalue weighted by atomic mass is 35.5. The molecule has 0 bridgehead atoms. The van der Waals surface area contributed by atoms with Crippen LogP contribution in [0, 0.1) is 15.9 Å². The Morgan fingerprint density at radius 2 is 2.32 bits per heavy atom. The van der Waals surface area contributed by atoms with E-state index in [4.69, 9.17) is 11.6 Å². The number of nitrogens with one attached hydrogen (secondary N) is 1. The molecule has 1 N–H and O–H groups in total. The van der Waals surface area contributed by atoms with Crippen molar-refractivity contribution in [3.8, 4) is 0 Å². The van der Waals surface area contributed by atoms with Crippen LogP contribution in [0.25, 0.3) is 0 Å². The molecular weight excluding hydrogens is 277 g/mol. The molecule has 0 aliphatic rings. The lowest BCUT2D eigenvalue weighted by molar-refractivity contribution is -0.384. The SMILES string of the molecule is O=[N+]([O-])c1cc(F)c(Cl)cc1NCCn1ccnn1. The summed E-state index contributed by atoms with van der Waals surface area (Å²) in [6, 6.07) is 1.98. The monoisotopic (exact) mass is 285 g/mol. The maximum absolute atomic E-state index is 13.2. The zero-order valence-corrected chi connectivity index (χ0v) is 10.3. The van der Waals surface area contributed by atoms with Gasteiger partial charge in [0, 0.05) is 12.7 Å². The fraction of sp³-hybridized carbons (Fsp3) is 0.200. The number of nitrogens with zero attached hydrogens (tertiary/aromatic N) is 4. The van der Waals surface area contributed by atoms with Gasteiger partial charge in [-0.25, -0.2) is 4.39 Å². The second-order valence-corrected chi connectivity index (χ2v) is 4.04. The number of hydrogen-bond acceptors (Lipinski definition) is 5. The zero-order chi connectivity index (χ0) is 13.8. The fourth-order valence-corrected chi connectivity index (χ4v) is 1.65. The fourth-order valence-electron chi connectivity index (χ4n) is 1.49. The summed E-state index contributed by atoms with van der Waals surface area (Å²) in [5.74, 6) is -0.824. The Labute approximate surface area is 112 Å². The molecule has 9 heteroatoms. The lowest BCUT2D eigenvalue weighted by atomic mass is 10.2. The molecule has 0 saturated carbocycles. The van der Waals surface area contributed by atoms with E-state index in [1.807, 2.05) is 0 Å². The molecule has 0 spiro atoms. The first-order valence-corrected chi connectivity index (χ1v) is 5.67. The van der Waals surface area contributed by atoms with E-state index in [2.05, 4.69) is 15.6 Å². The summed E-state index contributed by atoms with van der Waals surface area (Å²) in [6.07, 6.45) is 3.19. The molecule has 0 atom stereocenters. The number of hydrogen-bond donors (Lipinski definition) is 1. The summed E-state index contributed by atoms with van der Waals surface area (Å²) in [5, 5.41) is 20.8. The molecule has 7 nitrogen and oxygen atoms in total. The van der Waals surface area contributed by atoms with Crippen LogP contribution < -0.4 is 5.32 Å². The highest BCUT2D eigenvalue weighted by Gasteiger charge is 2.17. The Bertz CT molecular complexity index is 590. The smallest absolute Gasteiger partial charge is 0.295 e. The molecule has 19 heavy (non-hydrogen) atoms. The van der Waals surface area contributed by atoms with Crippen molar-refractivity contribution in [2.24, 2.45) is 0 Å². The third kappa shape index (κ3) is 3.16. The van der Waals surface area contributed by atoms with Crippen LogP contribution in [-0.2, 0) is 6.54 Å². The summed E-state index contributed by atoms with van der Waals surface area (Å²) in [4.78, 5) is 10.1. The Balaban J connectivity index is 2.10. The van der Waals surface area contributed by atoms with Crippen molar-refractivity contribution in [2.75, 3.05) is 11.9 Å². The number of nitro groups is 1. The lowest BCUT2D eigenvalue weighted by Gasteiger charge is -2.07. The first-order chi connectivity index (χ1) is 9.08. The van der Waals surface area contributed by atoms with Crippen molar-refractivity contribution in [1.82, 2.24) is 15.0 Å². The van der Waals surface area contributed by atoms with Gasteiger partial charge >= 0.3 is 0 Å². The minimum absolute atomic E-state index is 0.163. The van der Waals surface area contributed by atoms with Gasteiger partial charge in [-0.15, -0.1) is 5.10 Å². The molecule has 0 amide bonds. The van der Waals surface area contributed by atoms with Crippen molar-refractivity contribution in [3.05, 3.63) is 45.5 Å². The maximum Gasteiger partial charge on any atom is 0.295 e. The summed E-state index contributed by atoms with van der Waals surface area (Å²) in [6.45, 7) is 0.832. The number of rotatable bonds is 5. The van der Waals surface area contributed by atoms with Gasteiger partial charge in [0.05, 0.1) is 28.8 Å². The van der Waals surface area contributed by atoms with Gasteiger partial charge in [-0.2, -0.15) is 0 Å². The van der Waals surface area contributed by atoms with Gasteiger partial charge in [0.25, 0.3) is 5.69 Å². The molecule has 0 saturated heterocycles. The van der Waals surface area contributed by atoms with Crippen LogP contribution in [0.1, 0.15) is 0 Å². The Morgan fingerprint density at radius 1 is 1.53 bits per heavy atom. The Morgan fingerprint density at radius 3 is 2.95 bits per heavy atom. The van der Waals surface area contributed by atoms with Crippen LogP contribution in [0.15, 0.2) is 24.5 Å². The molecule has 0 unspecified atom stereocenters. The van der Waals surface area contributed by atoms with Crippen molar-refractivity contribution < 1.29 is 9.31 Å². The predicted molar refractivity (Wildman–Crippen MR) is 66.6 cm³/mol. The Kier molecular flexibility index (Phi) is 3.91. The summed E-state index contributed by atoms with van der Waals surface area (Å²) in [7, 11) is 0. The number of halogens is 2. The van der Waals surface area contributed by atoms with E-state index >= 15 is 0 Å². The van der Waals surface area contributed by atoms with Gasteiger partial charge in [-0.3, -0.25) is 14.8 Å². The lowest BCUT2D eigenvalue weighted by Crippen LogP contribution is -2.12. The van der Waals surface area contributed by atoms with Crippen LogP contribution in [-0.4, -0.2) is 26.5 Å². The van der Waals surface area contributed by atoms with E-state index in [0.717, 1.165) is 6.07 Å². The third-order valence-corrected chi connectivity index (χ3v) is 2.65. The third-order valence-electron chi connectivity index (χ3n) is 2.36. The standard InChI is InChI=1S/C10H9ClFN5O2/c11-7-5-9(10(17(18)19)6-8(7)12)13-1-3-16-4-2-14-15-16/h2,4-6,13H,1,3H2. The molecular formula is C10H9ClFN5O2. The van der Waals surface area contributed by atoms with E-state index in [1.165, 1.54) is 12.3 Å². The minimum Gasteiger partial charge on any atom is -0.378 e. The molecule has 0 aliphatic heterocycles. The molecule has 1 aromatic heterocycles. The van der Waals surface area contributed by atoms with Gasteiger partial charge in [0.15, 0.2) is 0 Å². The van der Waals surface area contributed by atoms with E-state index in [9.17, 15) is 14.5 Å². The molecule has 2 aromatic rings. The molecule has 0 radical (unpaired) electrons. The molecule has 1 heterocycles. The first kappa shape index (κ1) is 13.2. The van der Waals surface area contributed by atoms with E-state index in [1.54, 1.807) is 10.9 Å². The molecule has 1 aromatic carbocycles. The van der Waals surface area contributed by atoms with Crippen molar-refractivity contribution in [2.45, 2.75) is 6.54 Å². The summed E-state index contributed by atoms with van der Waals surface area (Å²) in [5.41, 5.74) is -0.197. The summed E-state index contributed by atoms with van der Waals surface area (Å²) < 4.78 is 14.7. The first-order valence-electron chi connectivity index (χ1n) is 5.29. The number of benzene rings is 1. The van der Waals surface area contributed by atoms with Gasteiger partial charge < -0.3 is 5.32 Å². The average molecular weight is 286 g/mol. The van der Waals surface area contributed by atoms with E-state index in [0.29, 0.717) is 13.1 Å². The van der Waals surface area contributed by atoms with Gasteiger partial charge in [0.2, 0.25) is 0 Å². The quantitative estimate of drug-likeness (QED) is 0.671. The average Bonchev–Trinajstić information content (AvgIpc) is 2.86. The normalized spacial score (nSPS) is 10.4. The van der Waals surface area contributed by atoms with Crippen LogP contribution >= 0.6 is 11.6 Å². The van der Waals surface area contributed by atoms with Gasteiger partial charge in [-0.1, -0.05) is 16.8 Å². The highest BCUT2D eigenvalue weighted by molar-refractivity contribution is 6.31. The van der Waals surface area contributed by atoms with Crippen molar-refractivity contribution in [1.29, 1.82) is 0 Å². The second-order valence-electron chi connectivity index (χ2n) is 3.63. The largest absolute Gasteiger partial charge is 0.378 e. The predicted octanol–water partition coefficient (Wildman–Crippen LogP) is 2.09. The van der Waals surface area contributed by atoms with Crippen molar-refractivity contribution in [3.63, 3.8) is 0 Å². The highest BCUT2D eigenvalue weighted by Crippen LogP contribution is 2.30. The zero-order valence-electron chi connectivity index (χ0n) is 9.58. The van der Waals surface area contributed by atoms with Crippen LogP contribution in [0.3, 0.4) is 0 Å². The second kappa shape index (κ2) is 5.61. The number of aromatic nitrogens is 3. The van der Waals surface area contributed by atoms with E-state index in [-0.39, 0.29) is 16.4 Å². The van der Waals surface area contributed by atoms with Crippen LogP contribution in [0.5, 0.6) is 0 Å². The van der Waals surface area contributed by atoms with Crippen LogP contribution in [0.2, 0.25) is 5.02 Å². The van der Waals surface area contributed by atoms with Gasteiger partial charge in [0.1, 0.15) is 11.5 Å². The molecule has 0 fully saturated rings. The molecule has 2 rings (SSSR count). The number of nitro benzene ring substituents is 1. The molecule has 0 aliphatic carbocycles. The molecule has 100 valence electrons. The van der Waals surface area contributed by atoms with E-state index < -0.39 is 10.7 Å².